The number of hydrogen-bond acceptors (Lipinski definition) is 4. The number of carboxylic acids is 1. The van der Waals surface area contributed by atoms with Gasteiger partial charge >= 0.3 is 5.97 Å². The average Bonchev–Trinajstić information content (AvgIpc) is 2.61. The Morgan fingerprint density at radius 1 is 1.21 bits per heavy atom. The number of carbonyl (C=O) groups is 1. The first kappa shape index (κ1) is 16.3. The summed E-state index contributed by atoms with van der Waals surface area (Å²) in [6.07, 6.45) is 0. The van der Waals surface area contributed by atoms with E-state index in [2.05, 4.69) is 29.3 Å². The largest absolute Gasteiger partial charge is 0.478 e. The summed E-state index contributed by atoms with van der Waals surface area (Å²) >= 11 is 0. The van der Waals surface area contributed by atoms with E-state index in [1.165, 1.54) is 11.1 Å². The lowest BCUT2D eigenvalue weighted by atomic mass is 10.1. The van der Waals surface area contributed by atoms with E-state index in [1.54, 1.807) is 6.07 Å². The molecule has 2 aromatic carbocycles. The molecule has 1 fully saturated rings. The van der Waals surface area contributed by atoms with E-state index < -0.39 is 5.97 Å². The number of nitrogens with one attached hydrogen (secondary N) is 1. The van der Waals surface area contributed by atoms with Gasteiger partial charge in [-0.2, -0.15) is 0 Å². The number of nitrogens with zero attached hydrogens (tertiary/aromatic N) is 1. The fraction of sp³-hybridized carbons (Fsp3) is 0.316. The summed E-state index contributed by atoms with van der Waals surface area (Å²) < 4.78 is 5.34. The fourth-order valence-corrected chi connectivity index (χ4v) is 2.90. The normalized spacial score (nSPS) is 14.5. The number of benzene rings is 2. The van der Waals surface area contributed by atoms with Gasteiger partial charge in [0, 0.05) is 25.3 Å². The van der Waals surface area contributed by atoms with Crippen LogP contribution in [0.2, 0.25) is 0 Å². The van der Waals surface area contributed by atoms with Gasteiger partial charge in [-0.25, -0.2) is 4.79 Å². The number of ether oxygens (including phenoxy) is 1. The van der Waals surface area contributed by atoms with E-state index in [4.69, 9.17) is 4.74 Å². The van der Waals surface area contributed by atoms with E-state index in [0.29, 0.717) is 25.3 Å². The number of anilines is 2. The van der Waals surface area contributed by atoms with Crippen molar-refractivity contribution in [3.63, 3.8) is 0 Å². The molecule has 0 aliphatic carbocycles. The second kappa shape index (κ2) is 7.36. The van der Waals surface area contributed by atoms with E-state index in [1.807, 2.05) is 24.3 Å². The molecule has 0 saturated carbocycles. The third-order valence-electron chi connectivity index (χ3n) is 4.32. The molecule has 1 aliphatic heterocycles. The monoisotopic (exact) mass is 326 g/mol. The molecule has 0 unspecified atom stereocenters. The molecule has 1 aliphatic rings. The molecule has 0 spiro atoms. The molecule has 24 heavy (non-hydrogen) atoms. The first-order valence-electron chi connectivity index (χ1n) is 8.13. The highest BCUT2D eigenvalue weighted by atomic mass is 16.5. The lowest BCUT2D eigenvalue weighted by molar-refractivity contribution is 0.0696. The maximum absolute atomic E-state index is 11.7. The molecule has 0 atom stereocenters. The zero-order valence-electron chi connectivity index (χ0n) is 13.8. The standard InChI is InChI=1S/C19H22N2O3/c1-14-4-2-3-5-15(14)13-20-16-6-7-18(17(12-16)19(22)23)21-8-10-24-11-9-21/h2-7,12,20H,8-11,13H2,1H3,(H,22,23). The highest BCUT2D eigenvalue weighted by Crippen LogP contribution is 2.26. The van der Waals surface area contributed by atoms with Crippen LogP contribution in [-0.2, 0) is 11.3 Å². The molecule has 126 valence electrons. The van der Waals surface area contributed by atoms with Crippen molar-refractivity contribution in [1.29, 1.82) is 0 Å². The van der Waals surface area contributed by atoms with Crippen molar-refractivity contribution >= 4 is 17.3 Å². The lowest BCUT2D eigenvalue weighted by Gasteiger charge is -2.30. The predicted octanol–water partition coefficient (Wildman–Crippen LogP) is 3.14. The van der Waals surface area contributed by atoms with Crippen LogP contribution >= 0.6 is 0 Å². The van der Waals surface area contributed by atoms with Crippen LogP contribution in [0.1, 0.15) is 21.5 Å². The van der Waals surface area contributed by atoms with Crippen molar-refractivity contribution in [2.45, 2.75) is 13.5 Å². The molecule has 1 heterocycles. The van der Waals surface area contributed by atoms with Gasteiger partial charge in [0.25, 0.3) is 0 Å². The summed E-state index contributed by atoms with van der Waals surface area (Å²) in [7, 11) is 0. The van der Waals surface area contributed by atoms with Crippen molar-refractivity contribution in [2.75, 3.05) is 36.5 Å². The van der Waals surface area contributed by atoms with E-state index in [9.17, 15) is 9.90 Å². The molecule has 2 aromatic rings. The van der Waals surface area contributed by atoms with Gasteiger partial charge in [0.1, 0.15) is 0 Å². The Morgan fingerprint density at radius 3 is 2.67 bits per heavy atom. The molecular weight excluding hydrogens is 304 g/mol. The summed E-state index contributed by atoms with van der Waals surface area (Å²) in [6.45, 7) is 5.44. The lowest BCUT2D eigenvalue weighted by Crippen LogP contribution is -2.37. The van der Waals surface area contributed by atoms with E-state index in [-0.39, 0.29) is 0 Å². The minimum atomic E-state index is -0.906. The number of aromatic carboxylic acids is 1. The number of morpholine rings is 1. The summed E-state index contributed by atoms with van der Waals surface area (Å²) in [5.41, 5.74) is 4.31. The second-order valence-corrected chi connectivity index (χ2v) is 5.92. The summed E-state index contributed by atoms with van der Waals surface area (Å²) in [6, 6.07) is 13.7. The molecular formula is C19H22N2O3. The van der Waals surface area contributed by atoms with Gasteiger partial charge in [-0.05, 0) is 36.2 Å². The molecule has 5 nitrogen and oxygen atoms in total. The Hall–Kier alpha value is -2.53. The summed E-state index contributed by atoms with van der Waals surface area (Å²) in [4.78, 5) is 13.7. The van der Waals surface area contributed by atoms with Crippen LogP contribution in [0.4, 0.5) is 11.4 Å². The van der Waals surface area contributed by atoms with E-state index >= 15 is 0 Å². The Bertz CT molecular complexity index is 724. The third-order valence-corrected chi connectivity index (χ3v) is 4.32. The highest BCUT2D eigenvalue weighted by molar-refractivity contribution is 5.95. The molecule has 5 heteroatoms. The van der Waals surface area contributed by atoms with Gasteiger partial charge in [-0.1, -0.05) is 24.3 Å². The van der Waals surface area contributed by atoms with Crippen LogP contribution in [0.3, 0.4) is 0 Å². The third kappa shape index (κ3) is 3.68. The fourth-order valence-electron chi connectivity index (χ4n) is 2.90. The quantitative estimate of drug-likeness (QED) is 0.884. The van der Waals surface area contributed by atoms with Gasteiger partial charge < -0.3 is 20.1 Å². The number of hydrogen-bond donors (Lipinski definition) is 2. The molecule has 0 amide bonds. The molecule has 2 N–H and O–H groups in total. The second-order valence-electron chi connectivity index (χ2n) is 5.92. The Labute approximate surface area is 141 Å². The first-order chi connectivity index (χ1) is 11.6. The highest BCUT2D eigenvalue weighted by Gasteiger charge is 2.18. The van der Waals surface area contributed by atoms with Crippen LogP contribution in [-0.4, -0.2) is 37.4 Å². The minimum absolute atomic E-state index is 0.326. The zero-order chi connectivity index (χ0) is 16.9. The van der Waals surface area contributed by atoms with Crippen molar-refractivity contribution in [1.82, 2.24) is 0 Å². The van der Waals surface area contributed by atoms with Crippen LogP contribution in [0.5, 0.6) is 0 Å². The first-order valence-corrected chi connectivity index (χ1v) is 8.13. The van der Waals surface area contributed by atoms with E-state index in [0.717, 1.165) is 24.5 Å². The molecule has 0 bridgehead atoms. The molecule has 3 rings (SSSR count). The molecule has 0 radical (unpaired) electrons. The van der Waals surface area contributed by atoms with Gasteiger partial charge in [0.05, 0.1) is 24.5 Å². The van der Waals surface area contributed by atoms with Crippen molar-refractivity contribution in [2.24, 2.45) is 0 Å². The Balaban J connectivity index is 1.78. The van der Waals surface area contributed by atoms with Crippen LogP contribution < -0.4 is 10.2 Å². The van der Waals surface area contributed by atoms with Crippen molar-refractivity contribution in [3.8, 4) is 0 Å². The molecule has 0 aromatic heterocycles. The van der Waals surface area contributed by atoms with Crippen LogP contribution in [0.15, 0.2) is 42.5 Å². The smallest absolute Gasteiger partial charge is 0.337 e. The topological polar surface area (TPSA) is 61.8 Å². The Morgan fingerprint density at radius 2 is 1.96 bits per heavy atom. The van der Waals surface area contributed by atoms with Gasteiger partial charge in [0.15, 0.2) is 0 Å². The van der Waals surface area contributed by atoms with Gasteiger partial charge in [0.2, 0.25) is 0 Å². The van der Waals surface area contributed by atoms with Gasteiger partial charge in [-0.3, -0.25) is 0 Å². The van der Waals surface area contributed by atoms with Crippen LogP contribution in [0.25, 0.3) is 0 Å². The molecule has 1 saturated heterocycles. The van der Waals surface area contributed by atoms with Crippen molar-refractivity contribution in [3.05, 3.63) is 59.2 Å². The predicted molar refractivity (Wildman–Crippen MR) is 94.9 cm³/mol. The number of rotatable bonds is 5. The zero-order valence-corrected chi connectivity index (χ0v) is 13.8. The summed E-state index contributed by atoms with van der Waals surface area (Å²) in [5.74, 6) is -0.906. The SMILES string of the molecule is Cc1ccccc1CNc1ccc(N2CCOCC2)c(C(=O)O)c1. The average molecular weight is 326 g/mol. The maximum Gasteiger partial charge on any atom is 0.337 e. The maximum atomic E-state index is 11.7. The minimum Gasteiger partial charge on any atom is -0.478 e. The number of aryl methyl sites for hydroxylation is 1. The Kier molecular flexibility index (Phi) is 5.01. The number of carboxylic acid groups (broad SMARTS) is 1. The van der Waals surface area contributed by atoms with Crippen molar-refractivity contribution < 1.29 is 14.6 Å². The summed E-state index contributed by atoms with van der Waals surface area (Å²) in [5, 5.41) is 12.9. The van der Waals surface area contributed by atoms with Gasteiger partial charge in [-0.15, -0.1) is 0 Å². The van der Waals surface area contributed by atoms with Crippen LogP contribution in [0, 0.1) is 6.92 Å².